The number of amides is 1. The molecule has 1 aromatic rings. The van der Waals surface area contributed by atoms with Gasteiger partial charge < -0.3 is 16.0 Å². The lowest BCUT2D eigenvalue weighted by Crippen LogP contribution is -2.37. The van der Waals surface area contributed by atoms with Crippen molar-refractivity contribution in [3.05, 3.63) is 29.8 Å². The fraction of sp³-hybridized carbons (Fsp3) is 0.500. The lowest BCUT2D eigenvalue weighted by molar-refractivity contribution is -0.116. The molecule has 114 valence electrons. The summed E-state index contributed by atoms with van der Waals surface area (Å²) >= 11 is 0. The summed E-state index contributed by atoms with van der Waals surface area (Å²) in [6, 6.07) is 8.88. The Balaban J connectivity index is 2.38. The second-order valence-corrected chi connectivity index (χ2v) is 6.09. The summed E-state index contributed by atoms with van der Waals surface area (Å²) in [5, 5.41) is 11.5. The Labute approximate surface area is 126 Å². The first-order valence-corrected chi connectivity index (χ1v) is 7.05. The van der Waals surface area contributed by atoms with Crippen LogP contribution in [0.3, 0.4) is 0 Å². The van der Waals surface area contributed by atoms with E-state index in [9.17, 15) is 4.79 Å². The van der Waals surface area contributed by atoms with Gasteiger partial charge in [-0.2, -0.15) is 5.26 Å². The maximum atomic E-state index is 11.9. The van der Waals surface area contributed by atoms with Gasteiger partial charge >= 0.3 is 0 Å². The first kappa shape index (κ1) is 17.2. The minimum absolute atomic E-state index is 0.0305. The second kappa shape index (κ2) is 7.77. The van der Waals surface area contributed by atoms with Gasteiger partial charge in [0.1, 0.15) is 0 Å². The Kier molecular flexibility index (Phi) is 6.35. The second-order valence-electron chi connectivity index (χ2n) is 6.09. The molecule has 0 aliphatic heterocycles. The van der Waals surface area contributed by atoms with Gasteiger partial charge in [-0.25, -0.2) is 0 Å². The lowest BCUT2D eigenvalue weighted by atomic mass is 9.93. The van der Waals surface area contributed by atoms with E-state index in [-0.39, 0.29) is 11.3 Å². The molecule has 0 atom stereocenters. The number of nitrogens with two attached hydrogens (primary N) is 1. The summed E-state index contributed by atoms with van der Waals surface area (Å²) in [5.41, 5.74) is 7.05. The molecule has 0 unspecified atom stereocenters. The number of rotatable bonds is 7. The number of nitriles is 1. The van der Waals surface area contributed by atoms with Crippen molar-refractivity contribution in [1.82, 2.24) is 4.90 Å². The van der Waals surface area contributed by atoms with Crippen LogP contribution in [0.1, 0.15) is 25.8 Å². The van der Waals surface area contributed by atoms with Crippen molar-refractivity contribution in [3.63, 3.8) is 0 Å². The molecule has 1 rings (SSSR count). The van der Waals surface area contributed by atoms with E-state index >= 15 is 0 Å². The van der Waals surface area contributed by atoms with Crippen LogP contribution in [0.15, 0.2) is 24.3 Å². The Hall–Kier alpha value is -1.90. The third-order valence-electron chi connectivity index (χ3n) is 3.27. The average Bonchev–Trinajstić information content (AvgIpc) is 2.45. The quantitative estimate of drug-likeness (QED) is 0.801. The molecule has 0 aromatic heterocycles. The highest BCUT2D eigenvalue weighted by Gasteiger charge is 2.18. The monoisotopic (exact) mass is 288 g/mol. The SMILES string of the molecule is CN(CCC(=O)Nc1ccc(C#N)cc1)CC(C)(C)CN. The molecule has 0 heterocycles. The molecule has 0 radical (unpaired) electrons. The van der Waals surface area contributed by atoms with Crippen molar-refractivity contribution in [1.29, 1.82) is 5.26 Å². The van der Waals surface area contributed by atoms with Gasteiger partial charge in [-0.15, -0.1) is 0 Å². The summed E-state index contributed by atoms with van der Waals surface area (Å²) in [7, 11) is 1.99. The molecule has 0 fully saturated rings. The van der Waals surface area contributed by atoms with Gasteiger partial charge in [-0.05, 0) is 43.3 Å². The molecule has 0 saturated carbocycles. The zero-order chi connectivity index (χ0) is 15.9. The minimum Gasteiger partial charge on any atom is -0.330 e. The first-order chi connectivity index (χ1) is 9.86. The molecule has 5 heteroatoms. The molecule has 0 spiro atoms. The molecule has 1 aromatic carbocycles. The first-order valence-electron chi connectivity index (χ1n) is 7.05. The van der Waals surface area contributed by atoms with Crippen LogP contribution in [-0.4, -0.2) is 37.5 Å². The number of nitrogens with zero attached hydrogens (tertiary/aromatic N) is 2. The lowest BCUT2D eigenvalue weighted by Gasteiger charge is -2.28. The van der Waals surface area contributed by atoms with Crippen LogP contribution in [0.5, 0.6) is 0 Å². The van der Waals surface area contributed by atoms with Crippen molar-refractivity contribution >= 4 is 11.6 Å². The fourth-order valence-electron chi connectivity index (χ4n) is 2.02. The highest BCUT2D eigenvalue weighted by atomic mass is 16.1. The third-order valence-corrected chi connectivity index (χ3v) is 3.27. The van der Waals surface area contributed by atoms with Crippen LogP contribution in [0.4, 0.5) is 5.69 Å². The van der Waals surface area contributed by atoms with E-state index < -0.39 is 0 Å². The maximum absolute atomic E-state index is 11.9. The van der Waals surface area contributed by atoms with Crippen LogP contribution in [0.2, 0.25) is 0 Å². The zero-order valence-corrected chi connectivity index (χ0v) is 13.0. The highest BCUT2D eigenvalue weighted by molar-refractivity contribution is 5.90. The highest BCUT2D eigenvalue weighted by Crippen LogP contribution is 2.14. The van der Waals surface area contributed by atoms with Gasteiger partial charge in [0, 0.05) is 25.2 Å². The Morgan fingerprint density at radius 3 is 2.52 bits per heavy atom. The van der Waals surface area contributed by atoms with Crippen LogP contribution in [0, 0.1) is 16.7 Å². The molecule has 0 saturated heterocycles. The molecule has 0 aliphatic rings. The number of nitrogens with one attached hydrogen (secondary N) is 1. The summed E-state index contributed by atoms with van der Waals surface area (Å²) in [5.74, 6) is -0.0305. The Morgan fingerprint density at radius 2 is 2.00 bits per heavy atom. The van der Waals surface area contributed by atoms with Crippen molar-refractivity contribution < 1.29 is 4.79 Å². The molecule has 0 aliphatic carbocycles. The van der Waals surface area contributed by atoms with Gasteiger partial charge in [0.2, 0.25) is 5.91 Å². The number of hydrogen-bond donors (Lipinski definition) is 2. The summed E-state index contributed by atoms with van der Waals surface area (Å²) < 4.78 is 0. The molecule has 3 N–H and O–H groups in total. The minimum atomic E-state index is -0.0305. The Morgan fingerprint density at radius 1 is 1.38 bits per heavy atom. The summed E-state index contributed by atoms with van der Waals surface area (Å²) in [6.07, 6.45) is 0.428. The fourth-order valence-corrected chi connectivity index (χ4v) is 2.02. The smallest absolute Gasteiger partial charge is 0.225 e. The zero-order valence-electron chi connectivity index (χ0n) is 13.0. The van der Waals surface area contributed by atoms with Crippen LogP contribution < -0.4 is 11.1 Å². The van der Waals surface area contributed by atoms with E-state index in [1.807, 2.05) is 13.1 Å². The van der Waals surface area contributed by atoms with Crippen molar-refractivity contribution in [2.75, 3.05) is 32.0 Å². The normalized spacial score (nSPS) is 11.2. The van der Waals surface area contributed by atoms with E-state index in [2.05, 4.69) is 24.1 Å². The van der Waals surface area contributed by atoms with Crippen molar-refractivity contribution in [3.8, 4) is 6.07 Å². The van der Waals surface area contributed by atoms with E-state index in [0.717, 1.165) is 6.54 Å². The predicted octanol–water partition coefficient (Wildman–Crippen LogP) is 1.80. The Bertz CT molecular complexity index is 502. The summed E-state index contributed by atoms with van der Waals surface area (Å²) in [6.45, 7) is 6.38. The van der Waals surface area contributed by atoms with Crippen LogP contribution in [-0.2, 0) is 4.79 Å². The van der Waals surface area contributed by atoms with E-state index in [0.29, 0.717) is 30.8 Å². The third kappa shape index (κ3) is 6.39. The largest absolute Gasteiger partial charge is 0.330 e. The number of carbonyl (C=O) groups is 1. The van der Waals surface area contributed by atoms with Gasteiger partial charge in [0.25, 0.3) is 0 Å². The molecule has 5 nitrogen and oxygen atoms in total. The number of anilines is 1. The molecular weight excluding hydrogens is 264 g/mol. The average molecular weight is 288 g/mol. The van der Waals surface area contributed by atoms with E-state index in [1.54, 1.807) is 24.3 Å². The van der Waals surface area contributed by atoms with Gasteiger partial charge in [0.05, 0.1) is 11.6 Å². The number of carbonyl (C=O) groups excluding carboxylic acids is 1. The van der Waals surface area contributed by atoms with Crippen LogP contribution in [0.25, 0.3) is 0 Å². The van der Waals surface area contributed by atoms with E-state index in [1.165, 1.54) is 0 Å². The summed E-state index contributed by atoms with van der Waals surface area (Å²) in [4.78, 5) is 14.0. The topological polar surface area (TPSA) is 82.2 Å². The van der Waals surface area contributed by atoms with Gasteiger partial charge in [-0.1, -0.05) is 13.8 Å². The predicted molar refractivity (Wildman–Crippen MR) is 84.7 cm³/mol. The van der Waals surface area contributed by atoms with Gasteiger partial charge in [0.15, 0.2) is 0 Å². The van der Waals surface area contributed by atoms with E-state index in [4.69, 9.17) is 11.0 Å². The molecule has 1 amide bonds. The number of benzene rings is 1. The van der Waals surface area contributed by atoms with Crippen molar-refractivity contribution in [2.24, 2.45) is 11.1 Å². The standard InChI is InChI=1S/C16H24N4O/c1-16(2,11-18)12-20(3)9-8-15(21)19-14-6-4-13(10-17)5-7-14/h4-7H,8-9,11-12,18H2,1-3H3,(H,19,21). The molecular formula is C16H24N4O. The number of hydrogen-bond acceptors (Lipinski definition) is 4. The molecule has 21 heavy (non-hydrogen) atoms. The van der Waals surface area contributed by atoms with Crippen LogP contribution >= 0.6 is 0 Å². The van der Waals surface area contributed by atoms with Gasteiger partial charge in [-0.3, -0.25) is 4.79 Å². The van der Waals surface area contributed by atoms with Crippen molar-refractivity contribution in [2.45, 2.75) is 20.3 Å². The molecule has 0 bridgehead atoms. The maximum Gasteiger partial charge on any atom is 0.225 e.